The number of pyridine rings is 1. The summed E-state index contributed by atoms with van der Waals surface area (Å²) in [4.78, 5) is 16.7. The van der Waals surface area contributed by atoms with Crippen LogP contribution in [-0.2, 0) is 11.3 Å². The lowest BCUT2D eigenvalue weighted by atomic mass is 10.0. The Hall–Kier alpha value is -2.15. The molecule has 2 aromatic heterocycles. The Kier molecular flexibility index (Phi) is 7.18. The largest absolute Gasteiger partial charge is 0.462 e. The molecule has 2 aromatic rings. The van der Waals surface area contributed by atoms with Crippen molar-refractivity contribution in [2.75, 3.05) is 18.5 Å². The number of esters is 1. The number of hydrogen-bond acceptors (Lipinski definition) is 6. The topological polar surface area (TPSA) is 89.3 Å². The normalized spacial score (nSPS) is 11.2. The highest BCUT2D eigenvalue weighted by Crippen LogP contribution is 2.28. The van der Waals surface area contributed by atoms with Crippen LogP contribution in [-0.4, -0.2) is 45.1 Å². The summed E-state index contributed by atoms with van der Waals surface area (Å²) in [6, 6.07) is 0.273. The van der Waals surface area contributed by atoms with E-state index < -0.39 is 0 Å². The first-order valence-electron chi connectivity index (χ1n) is 9.05. The molecule has 0 bridgehead atoms. The molecule has 0 fully saturated rings. The van der Waals surface area contributed by atoms with Crippen LogP contribution >= 0.6 is 0 Å². The van der Waals surface area contributed by atoms with Crippen LogP contribution in [0.1, 0.15) is 56.8 Å². The zero-order chi connectivity index (χ0) is 18.2. The predicted molar refractivity (Wildman–Crippen MR) is 97.8 cm³/mol. The quantitative estimate of drug-likeness (QED) is 0.642. The van der Waals surface area contributed by atoms with Crippen LogP contribution in [0.4, 0.5) is 5.69 Å². The number of nitrogens with one attached hydrogen (secondary N) is 1. The molecule has 2 N–H and O–H groups in total. The molecule has 0 aliphatic carbocycles. The van der Waals surface area contributed by atoms with Gasteiger partial charge in [-0.05, 0) is 19.8 Å². The van der Waals surface area contributed by atoms with E-state index in [0.717, 1.165) is 36.8 Å². The molecule has 0 atom stereocenters. The summed E-state index contributed by atoms with van der Waals surface area (Å²) in [5.41, 5.74) is 1.80. The maximum atomic E-state index is 12.4. The highest BCUT2D eigenvalue weighted by Gasteiger charge is 2.21. The van der Waals surface area contributed by atoms with Crippen molar-refractivity contribution in [3.8, 4) is 0 Å². The third kappa shape index (κ3) is 4.48. The number of aliphatic hydroxyl groups excluding tert-OH is 1. The van der Waals surface area contributed by atoms with Gasteiger partial charge in [0.25, 0.3) is 0 Å². The average molecular weight is 348 g/mol. The molecule has 0 spiro atoms. The number of nitrogens with zero attached hydrogens (tertiary/aromatic N) is 3. The number of anilines is 1. The van der Waals surface area contributed by atoms with E-state index in [1.54, 1.807) is 17.8 Å². The molecule has 0 unspecified atom stereocenters. The third-order valence-corrected chi connectivity index (χ3v) is 4.10. The Labute approximate surface area is 148 Å². The minimum absolute atomic E-state index is 0.0187. The second kappa shape index (κ2) is 9.36. The number of aromatic nitrogens is 3. The van der Waals surface area contributed by atoms with E-state index in [1.807, 2.05) is 0 Å². The third-order valence-electron chi connectivity index (χ3n) is 4.10. The smallest absolute Gasteiger partial charge is 0.341 e. The Bertz CT molecular complexity index is 693. The summed E-state index contributed by atoms with van der Waals surface area (Å²) in [7, 11) is 0. The van der Waals surface area contributed by atoms with Gasteiger partial charge in [0.1, 0.15) is 5.56 Å². The number of fused-ring (bicyclic) bond motifs is 1. The molecule has 0 aliphatic rings. The summed E-state index contributed by atoms with van der Waals surface area (Å²) in [6.45, 7) is 6.74. The number of carbonyl (C=O) groups excluding carboxylic acids is 1. The highest BCUT2D eigenvalue weighted by atomic mass is 16.5. The molecular weight excluding hydrogens is 320 g/mol. The van der Waals surface area contributed by atoms with Crippen molar-refractivity contribution >= 4 is 22.7 Å². The fourth-order valence-electron chi connectivity index (χ4n) is 2.99. The van der Waals surface area contributed by atoms with Gasteiger partial charge in [-0.2, -0.15) is 5.10 Å². The minimum Gasteiger partial charge on any atom is -0.462 e. The minimum atomic E-state index is -0.388. The van der Waals surface area contributed by atoms with E-state index in [0.29, 0.717) is 24.4 Å². The van der Waals surface area contributed by atoms with Crippen LogP contribution < -0.4 is 5.32 Å². The summed E-state index contributed by atoms with van der Waals surface area (Å²) in [5.74, 6) is -0.388. The van der Waals surface area contributed by atoms with Crippen molar-refractivity contribution in [1.82, 2.24) is 14.8 Å². The van der Waals surface area contributed by atoms with Gasteiger partial charge < -0.3 is 15.2 Å². The number of rotatable bonds is 10. The van der Waals surface area contributed by atoms with Crippen molar-refractivity contribution in [3.63, 3.8) is 0 Å². The van der Waals surface area contributed by atoms with Crippen LogP contribution in [0.25, 0.3) is 11.0 Å². The molecule has 7 heteroatoms. The maximum absolute atomic E-state index is 12.4. The zero-order valence-electron chi connectivity index (χ0n) is 15.3. The van der Waals surface area contributed by atoms with E-state index in [4.69, 9.17) is 4.74 Å². The van der Waals surface area contributed by atoms with Crippen molar-refractivity contribution in [1.29, 1.82) is 0 Å². The molecule has 7 nitrogen and oxygen atoms in total. The van der Waals surface area contributed by atoms with E-state index in [1.165, 1.54) is 6.20 Å². The Morgan fingerprint density at radius 3 is 2.60 bits per heavy atom. The molecule has 0 aliphatic heterocycles. The average Bonchev–Trinajstić information content (AvgIpc) is 3.00. The number of carbonyl (C=O) groups is 1. The van der Waals surface area contributed by atoms with Gasteiger partial charge in [0, 0.05) is 12.2 Å². The lowest BCUT2D eigenvalue weighted by molar-refractivity contribution is 0.0527. The molecular formula is C18H28N4O3. The SMILES string of the molecule is CCCC(CCC)Nc1c(C(=O)OCC)cnc2c1cnn2CCO. The standard InChI is InChI=1S/C18H28N4O3/c1-4-7-13(8-5-2)21-16-14-12-20-22(9-10-23)17(14)19-11-15(16)18(24)25-6-3/h11-13,23H,4-10H2,1-3H3,(H,19,21). The van der Waals surface area contributed by atoms with E-state index in [-0.39, 0.29) is 18.6 Å². The predicted octanol–water partition coefficient (Wildman–Crippen LogP) is 2.98. The van der Waals surface area contributed by atoms with E-state index in [9.17, 15) is 9.90 Å². The molecule has 25 heavy (non-hydrogen) atoms. The summed E-state index contributed by atoms with van der Waals surface area (Å²) in [5, 5.41) is 17.8. The molecule has 0 saturated heterocycles. The Balaban J connectivity index is 2.49. The lowest BCUT2D eigenvalue weighted by Crippen LogP contribution is -2.21. The molecule has 138 valence electrons. The van der Waals surface area contributed by atoms with Crippen LogP contribution in [0.2, 0.25) is 0 Å². The second-order valence-electron chi connectivity index (χ2n) is 6.01. The van der Waals surface area contributed by atoms with Crippen LogP contribution in [0.5, 0.6) is 0 Å². The van der Waals surface area contributed by atoms with Crippen LogP contribution in [0, 0.1) is 0 Å². The number of aliphatic hydroxyl groups is 1. The van der Waals surface area contributed by atoms with Crippen molar-refractivity contribution in [2.45, 2.75) is 59.0 Å². The molecule has 2 rings (SSSR count). The summed E-state index contributed by atoms with van der Waals surface area (Å²) < 4.78 is 6.83. The van der Waals surface area contributed by atoms with Gasteiger partial charge in [-0.1, -0.05) is 26.7 Å². The highest BCUT2D eigenvalue weighted by molar-refractivity contribution is 6.04. The van der Waals surface area contributed by atoms with Gasteiger partial charge in [0.05, 0.1) is 37.0 Å². The first-order chi connectivity index (χ1) is 12.2. The van der Waals surface area contributed by atoms with Crippen molar-refractivity contribution < 1.29 is 14.6 Å². The zero-order valence-corrected chi connectivity index (χ0v) is 15.3. The van der Waals surface area contributed by atoms with Crippen molar-refractivity contribution in [2.24, 2.45) is 0 Å². The summed E-state index contributed by atoms with van der Waals surface area (Å²) >= 11 is 0. The fraction of sp³-hybridized carbons (Fsp3) is 0.611. The van der Waals surface area contributed by atoms with E-state index in [2.05, 4.69) is 29.2 Å². The molecule has 0 radical (unpaired) electrons. The lowest BCUT2D eigenvalue weighted by Gasteiger charge is -2.21. The van der Waals surface area contributed by atoms with Gasteiger partial charge in [-0.25, -0.2) is 14.5 Å². The molecule has 0 saturated carbocycles. The fourth-order valence-corrected chi connectivity index (χ4v) is 2.99. The number of ether oxygens (including phenoxy) is 1. The molecule has 0 amide bonds. The van der Waals surface area contributed by atoms with Gasteiger partial charge in [-0.3, -0.25) is 0 Å². The van der Waals surface area contributed by atoms with Crippen LogP contribution in [0.3, 0.4) is 0 Å². The monoisotopic (exact) mass is 348 g/mol. The maximum Gasteiger partial charge on any atom is 0.341 e. The first kappa shape index (κ1) is 19.2. The Morgan fingerprint density at radius 2 is 2.00 bits per heavy atom. The van der Waals surface area contributed by atoms with Gasteiger partial charge in [-0.15, -0.1) is 0 Å². The van der Waals surface area contributed by atoms with Gasteiger partial charge in [0.15, 0.2) is 5.65 Å². The Morgan fingerprint density at radius 1 is 1.28 bits per heavy atom. The van der Waals surface area contributed by atoms with Crippen molar-refractivity contribution in [3.05, 3.63) is 18.0 Å². The molecule has 0 aromatic carbocycles. The first-order valence-corrected chi connectivity index (χ1v) is 9.05. The number of hydrogen-bond donors (Lipinski definition) is 2. The molecule has 2 heterocycles. The van der Waals surface area contributed by atoms with Gasteiger partial charge in [0.2, 0.25) is 0 Å². The van der Waals surface area contributed by atoms with E-state index >= 15 is 0 Å². The second-order valence-corrected chi connectivity index (χ2v) is 6.01. The van der Waals surface area contributed by atoms with Gasteiger partial charge >= 0.3 is 5.97 Å². The van der Waals surface area contributed by atoms with Crippen LogP contribution in [0.15, 0.2) is 12.4 Å². The summed E-state index contributed by atoms with van der Waals surface area (Å²) in [6.07, 6.45) is 7.38.